The molecular weight excluding hydrogens is 761 g/mol. The Morgan fingerprint density at radius 3 is 1.54 bits per heavy atom. The van der Waals surface area contributed by atoms with Crippen molar-refractivity contribution in [3.63, 3.8) is 0 Å². The first-order valence-corrected chi connectivity index (χ1v) is 22.1. The molecule has 0 atom stereocenters. The van der Waals surface area contributed by atoms with Crippen molar-refractivity contribution in [2.24, 2.45) is 9.98 Å². The van der Waals surface area contributed by atoms with E-state index in [4.69, 9.17) is 9.98 Å². The van der Waals surface area contributed by atoms with Gasteiger partial charge in [0.1, 0.15) is 0 Å². The van der Waals surface area contributed by atoms with Crippen molar-refractivity contribution >= 4 is 11.5 Å². The van der Waals surface area contributed by atoms with Crippen LogP contribution in [0.25, 0.3) is 44.5 Å². The molecule has 0 unspecified atom stereocenters. The van der Waals surface area contributed by atoms with E-state index in [1.165, 1.54) is 66.8 Å². The molecule has 0 fully saturated rings. The second kappa shape index (κ2) is 16.3. The van der Waals surface area contributed by atoms with Gasteiger partial charge in [0, 0.05) is 11.3 Å². The molecule has 0 heterocycles. The molecule has 9 aromatic rings. The molecule has 0 saturated carbocycles. The van der Waals surface area contributed by atoms with Crippen LogP contribution in [0.2, 0.25) is 0 Å². The first kappa shape index (κ1) is 38.3. The highest BCUT2D eigenvalue weighted by molar-refractivity contribution is 6.12. The van der Waals surface area contributed by atoms with Gasteiger partial charge in [-0.3, -0.25) is 4.99 Å². The van der Waals surface area contributed by atoms with E-state index in [9.17, 15) is 0 Å². The van der Waals surface area contributed by atoms with Gasteiger partial charge in [-0.15, -0.1) is 0 Å². The fourth-order valence-corrected chi connectivity index (χ4v) is 10.1. The minimum Gasteiger partial charge on any atom is -0.261 e. The third-order valence-corrected chi connectivity index (χ3v) is 13.1. The maximum Gasteiger partial charge on any atom is 0.155 e. The van der Waals surface area contributed by atoms with Gasteiger partial charge < -0.3 is 0 Å². The van der Waals surface area contributed by atoms with Crippen molar-refractivity contribution in [2.45, 2.75) is 31.7 Å². The lowest BCUT2D eigenvalue weighted by Crippen LogP contribution is -2.34. The van der Waals surface area contributed by atoms with E-state index in [-0.39, 0.29) is 5.41 Å². The monoisotopic (exact) mass is 806 g/mol. The lowest BCUT2D eigenvalue weighted by molar-refractivity contribution is 0.722. The molecule has 2 nitrogen and oxygen atoms in total. The average molecular weight is 807 g/mol. The molecule has 0 N–H and O–H groups in total. The summed E-state index contributed by atoms with van der Waals surface area (Å²) < 4.78 is 0. The first-order valence-electron chi connectivity index (χ1n) is 22.1. The molecule has 9 aromatic carbocycles. The Kier molecular flexibility index (Phi) is 9.90. The van der Waals surface area contributed by atoms with Crippen molar-refractivity contribution in [3.8, 4) is 44.5 Å². The lowest BCUT2D eigenvalue weighted by atomic mass is 9.61. The van der Waals surface area contributed by atoms with Crippen LogP contribution < -0.4 is 0 Å². The van der Waals surface area contributed by atoms with E-state index in [2.05, 4.69) is 219 Å². The molecule has 0 amide bonds. The predicted molar refractivity (Wildman–Crippen MR) is 263 cm³/mol. The molecule has 300 valence electrons. The standard InChI is InChI=1S/C61H46N2/c1-2-59(43-20-7-4-8-21-43)63-60(62-41-42-18-5-3-6-19-42)52-29-17-28-48(38-52)46-26-15-24-44(36-46)45-25-16-27-47(37-45)49-34-35-58-54(40-49)53-30-11-14-33-57(53)61(58)55-31-12-9-22-50(55)39-51-23-10-13-32-56(51)61/h3-38,40H,2,39,41H2,1H3/b62-60-,63-59+. The fraction of sp³-hybridized carbons (Fsp3) is 0.0820. The molecule has 0 saturated heterocycles. The Morgan fingerprint density at radius 1 is 0.413 bits per heavy atom. The highest BCUT2D eigenvalue weighted by atomic mass is 14.9. The van der Waals surface area contributed by atoms with Gasteiger partial charge in [0.05, 0.1) is 12.0 Å². The van der Waals surface area contributed by atoms with Gasteiger partial charge in [-0.1, -0.05) is 207 Å². The summed E-state index contributed by atoms with van der Waals surface area (Å²) in [6, 6.07) is 81.9. The van der Waals surface area contributed by atoms with Crippen LogP contribution in [-0.2, 0) is 18.4 Å². The van der Waals surface area contributed by atoms with Gasteiger partial charge in [-0.2, -0.15) is 0 Å². The molecule has 2 heteroatoms. The number of hydrogen-bond acceptors (Lipinski definition) is 1. The van der Waals surface area contributed by atoms with Crippen LogP contribution in [0.1, 0.15) is 63.4 Å². The van der Waals surface area contributed by atoms with Gasteiger partial charge in [-0.05, 0) is 126 Å². The summed E-state index contributed by atoms with van der Waals surface area (Å²) in [5.41, 5.74) is 22.0. The highest BCUT2D eigenvalue weighted by Crippen LogP contribution is 2.59. The van der Waals surface area contributed by atoms with E-state index in [1.54, 1.807) is 0 Å². The normalized spacial score (nSPS) is 13.5. The third-order valence-electron chi connectivity index (χ3n) is 13.1. The summed E-state index contributed by atoms with van der Waals surface area (Å²) in [6.07, 6.45) is 1.76. The first-order chi connectivity index (χ1) is 31.2. The Hall–Kier alpha value is -7.68. The number of fused-ring (bicyclic) bond motifs is 9. The molecule has 0 aromatic heterocycles. The summed E-state index contributed by atoms with van der Waals surface area (Å²) in [7, 11) is 0. The van der Waals surface area contributed by atoms with Crippen LogP contribution in [0.3, 0.4) is 0 Å². The van der Waals surface area contributed by atoms with Crippen LogP contribution in [0.5, 0.6) is 0 Å². The Morgan fingerprint density at radius 2 is 0.905 bits per heavy atom. The quantitative estimate of drug-likeness (QED) is 0.108. The lowest BCUT2D eigenvalue weighted by Gasteiger charge is -2.40. The van der Waals surface area contributed by atoms with Gasteiger partial charge >= 0.3 is 0 Å². The van der Waals surface area contributed by atoms with Crippen LogP contribution >= 0.6 is 0 Å². The Bertz CT molecular complexity index is 3160. The molecular formula is C61H46N2. The number of amidine groups is 1. The van der Waals surface area contributed by atoms with Gasteiger partial charge in [0.25, 0.3) is 0 Å². The maximum absolute atomic E-state index is 5.23. The molecule has 11 rings (SSSR count). The third kappa shape index (κ3) is 6.85. The number of rotatable bonds is 8. The summed E-state index contributed by atoms with van der Waals surface area (Å²) in [5.74, 6) is 0.741. The molecule has 2 aliphatic rings. The van der Waals surface area contributed by atoms with Crippen molar-refractivity contribution in [1.29, 1.82) is 0 Å². The van der Waals surface area contributed by atoms with Crippen molar-refractivity contribution in [2.75, 3.05) is 0 Å². The topological polar surface area (TPSA) is 24.7 Å². The van der Waals surface area contributed by atoms with Crippen molar-refractivity contribution in [3.05, 3.63) is 275 Å². The minimum absolute atomic E-state index is 0.351. The smallest absolute Gasteiger partial charge is 0.155 e. The summed E-state index contributed by atoms with van der Waals surface area (Å²) in [5, 5.41) is 0. The summed E-state index contributed by atoms with van der Waals surface area (Å²) >= 11 is 0. The van der Waals surface area contributed by atoms with Crippen LogP contribution in [0, 0.1) is 0 Å². The fourth-order valence-electron chi connectivity index (χ4n) is 10.1. The Balaban J connectivity index is 0.952. The van der Waals surface area contributed by atoms with E-state index >= 15 is 0 Å². The van der Waals surface area contributed by atoms with E-state index < -0.39 is 0 Å². The largest absolute Gasteiger partial charge is 0.261 e. The van der Waals surface area contributed by atoms with Gasteiger partial charge in [-0.25, -0.2) is 4.99 Å². The molecule has 0 bridgehead atoms. The second-order valence-electron chi connectivity index (χ2n) is 16.7. The zero-order valence-electron chi connectivity index (χ0n) is 35.4. The number of benzene rings is 9. The number of hydrogen-bond donors (Lipinski definition) is 0. The zero-order valence-corrected chi connectivity index (χ0v) is 35.4. The van der Waals surface area contributed by atoms with Crippen LogP contribution in [0.4, 0.5) is 0 Å². The SMILES string of the molecule is CC/C(=N\C(=N/Cc1ccccc1)c1cccc(-c2cccc(-c3cccc(-c4ccc5c(c4)-c4ccccc4C54c5ccccc5Cc5ccccc54)c3)c2)c1)c1ccccc1. The summed E-state index contributed by atoms with van der Waals surface area (Å²) in [6.45, 7) is 2.72. The molecule has 0 radical (unpaired) electrons. The van der Waals surface area contributed by atoms with Crippen molar-refractivity contribution in [1.82, 2.24) is 0 Å². The van der Waals surface area contributed by atoms with Crippen LogP contribution in [0.15, 0.2) is 234 Å². The Labute approximate surface area is 370 Å². The highest BCUT2D eigenvalue weighted by Gasteiger charge is 2.49. The van der Waals surface area contributed by atoms with Gasteiger partial charge in [0.15, 0.2) is 5.84 Å². The zero-order chi connectivity index (χ0) is 42.2. The van der Waals surface area contributed by atoms with E-state index in [0.29, 0.717) is 6.54 Å². The number of aliphatic imine (C=N–C) groups is 2. The number of nitrogens with zero attached hydrogens (tertiary/aromatic N) is 2. The van der Waals surface area contributed by atoms with Crippen LogP contribution in [-0.4, -0.2) is 11.5 Å². The molecule has 1 spiro atoms. The summed E-state index contributed by atoms with van der Waals surface area (Å²) in [4.78, 5) is 10.4. The molecule has 2 aliphatic carbocycles. The van der Waals surface area contributed by atoms with E-state index in [0.717, 1.165) is 52.2 Å². The second-order valence-corrected chi connectivity index (χ2v) is 16.7. The van der Waals surface area contributed by atoms with Gasteiger partial charge in [0.2, 0.25) is 0 Å². The van der Waals surface area contributed by atoms with E-state index in [1.807, 2.05) is 12.1 Å². The minimum atomic E-state index is -0.351. The molecule has 0 aliphatic heterocycles. The average Bonchev–Trinajstić information content (AvgIpc) is 3.64. The maximum atomic E-state index is 5.23. The molecule has 63 heavy (non-hydrogen) atoms. The predicted octanol–water partition coefficient (Wildman–Crippen LogP) is 14.8. The van der Waals surface area contributed by atoms with Crippen molar-refractivity contribution < 1.29 is 0 Å².